The maximum atomic E-state index is 9.35. The van der Waals surface area contributed by atoms with Gasteiger partial charge in [-0.1, -0.05) is 6.08 Å². The quantitative estimate of drug-likeness (QED) is 0.737. The van der Waals surface area contributed by atoms with Crippen molar-refractivity contribution in [1.82, 2.24) is 0 Å². The van der Waals surface area contributed by atoms with Gasteiger partial charge >= 0.3 is 0 Å². The maximum Gasteiger partial charge on any atom is 0.199 e. The smallest absolute Gasteiger partial charge is 0.199 e. The number of ether oxygens (including phenoxy) is 2. The highest BCUT2D eigenvalue weighted by atomic mass is 35.5. The number of rotatable bonds is 2. The average Bonchev–Trinajstić information content (AvgIpc) is 2.25. The fraction of sp³-hybridized carbons (Fsp3) is 0.636. The third-order valence-electron chi connectivity index (χ3n) is 2.51. The normalized spacial score (nSPS) is 36.1. The second kappa shape index (κ2) is 5.01. The van der Waals surface area contributed by atoms with Gasteiger partial charge in [-0.15, -0.1) is 11.6 Å². The lowest BCUT2D eigenvalue weighted by atomic mass is 10.1. The maximum absolute atomic E-state index is 9.35. The SMILES string of the molecule is OC1C=CC(OC2CCCCO2)=CC1Cl. The number of halogens is 1. The van der Waals surface area contributed by atoms with E-state index in [2.05, 4.69) is 0 Å². The third kappa shape index (κ3) is 2.97. The van der Waals surface area contributed by atoms with Crippen molar-refractivity contribution in [3.05, 3.63) is 24.0 Å². The zero-order valence-corrected chi connectivity index (χ0v) is 9.19. The monoisotopic (exact) mass is 230 g/mol. The van der Waals surface area contributed by atoms with Crippen LogP contribution in [0.4, 0.5) is 0 Å². The van der Waals surface area contributed by atoms with Gasteiger partial charge in [-0.3, -0.25) is 0 Å². The van der Waals surface area contributed by atoms with Gasteiger partial charge in [0.15, 0.2) is 6.29 Å². The second-order valence-electron chi connectivity index (χ2n) is 3.78. The van der Waals surface area contributed by atoms with Gasteiger partial charge in [-0.2, -0.15) is 0 Å². The zero-order chi connectivity index (χ0) is 10.7. The first kappa shape index (κ1) is 11.0. The molecule has 0 aromatic rings. The van der Waals surface area contributed by atoms with Crippen LogP contribution in [-0.2, 0) is 9.47 Å². The van der Waals surface area contributed by atoms with Crippen molar-refractivity contribution >= 4 is 11.6 Å². The molecule has 1 saturated heterocycles. The first-order chi connectivity index (χ1) is 7.25. The van der Waals surface area contributed by atoms with Gasteiger partial charge in [0.05, 0.1) is 18.1 Å². The molecule has 1 N–H and O–H groups in total. The Hall–Kier alpha value is -0.510. The summed E-state index contributed by atoms with van der Waals surface area (Å²) in [4.78, 5) is 0. The lowest BCUT2D eigenvalue weighted by Gasteiger charge is -2.25. The molecule has 4 heteroatoms. The fourth-order valence-corrected chi connectivity index (χ4v) is 1.85. The summed E-state index contributed by atoms with van der Waals surface area (Å²) in [5.74, 6) is 0.687. The van der Waals surface area contributed by atoms with Gasteiger partial charge in [-0.05, 0) is 25.0 Å². The van der Waals surface area contributed by atoms with E-state index in [0.717, 1.165) is 25.9 Å². The standard InChI is InChI=1S/C11H15ClO3/c12-9-7-8(4-5-10(9)13)15-11-3-1-2-6-14-11/h4-5,7,9-11,13H,1-3,6H2. The zero-order valence-electron chi connectivity index (χ0n) is 8.43. The Morgan fingerprint density at radius 2 is 2.33 bits per heavy atom. The predicted octanol–water partition coefficient (Wildman–Crippen LogP) is 1.95. The molecule has 15 heavy (non-hydrogen) atoms. The Morgan fingerprint density at radius 1 is 1.47 bits per heavy atom. The van der Waals surface area contributed by atoms with Crippen LogP contribution < -0.4 is 0 Å². The molecular weight excluding hydrogens is 216 g/mol. The van der Waals surface area contributed by atoms with Crippen LogP contribution in [0.25, 0.3) is 0 Å². The van der Waals surface area contributed by atoms with Crippen LogP contribution in [0.15, 0.2) is 24.0 Å². The van der Waals surface area contributed by atoms with Crippen LogP contribution in [0.3, 0.4) is 0 Å². The fourth-order valence-electron chi connectivity index (χ4n) is 1.65. The van der Waals surface area contributed by atoms with Gasteiger partial charge < -0.3 is 14.6 Å². The van der Waals surface area contributed by atoms with E-state index in [4.69, 9.17) is 21.1 Å². The summed E-state index contributed by atoms with van der Waals surface area (Å²) in [6, 6.07) is 0. The van der Waals surface area contributed by atoms with E-state index in [9.17, 15) is 5.11 Å². The van der Waals surface area contributed by atoms with Crippen LogP contribution in [0.5, 0.6) is 0 Å². The molecule has 1 fully saturated rings. The molecule has 3 atom stereocenters. The molecule has 1 aliphatic carbocycles. The molecule has 1 heterocycles. The molecule has 0 spiro atoms. The van der Waals surface area contributed by atoms with Crippen molar-refractivity contribution < 1.29 is 14.6 Å². The van der Waals surface area contributed by atoms with Crippen LogP contribution in [0.1, 0.15) is 19.3 Å². The highest BCUT2D eigenvalue weighted by Crippen LogP contribution is 2.22. The third-order valence-corrected chi connectivity index (χ3v) is 2.90. The molecule has 3 nitrogen and oxygen atoms in total. The number of aliphatic hydroxyl groups is 1. The van der Waals surface area contributed by atoms with Crippen LogP contribution in [0, 0.1) is 0 Å². The van der Waals surface area contributed by atoms with E-state index in [1.165, 1.54) is 0 Å². The van der Waals surface area contributed by atoms with Crippen LogP contribution >= 0.6 is 11.6 Å². The molecule has 0 aromatic carbocycles. The summed E-state index contributed by atoms with van der Waals surface area (Å²) >= 11 is 5.88. The van der Waals surface area contributed by atoms with Crippen LogP contribution in [-0.4, -0.2) is 29.5 Å². The summed E-state index contributed by atoms with van der Waals surface area (Å²) in [5, 5.41) is 8.94. The van der Waals surface area contributed by atoms with Gasteiger partial charge in [0, 0.05) is 6.42 Å². The van der Waals surface area contributed by atoms with E-state index in [0.29, 0.717) is 5.76 Å². The van der Waals surface area contributed by atoms with Crippen molar-refractivity contribution in [1.29, 1.82) is 0 Å². The Bertz CT molecular complexity index is 269. The molecule has 3 unspecified atom stereocenters. The summed E-state index contributed by atoms with van der Waals surface area (Å²) in [7, 11) is 0. The molecule has 0 amide bonds. The minimum Gasteiger partial charge on any atom is -0.465 e. The second-order valence-corrected chi connectivity index (χ2v) is 4.28. The van der Waals surface area contributed by atoms with E-state index in [1.807, 2.05) is 0 Å². The molecule has 2 aliphatic rings. The number of hydrogen-bond acceptors (Lipinski definition) is 3. The molecule has 0 radical (unpaired) electrons. The first-order valence-electron chi connectivity index (χ1n) is 5.26. The van der Waals surface area contributed by atoms with E-state index < -0.39 is 11.5 Å². The lowest BCUT2D eigenvalue weighted by molar-refractivity contribution is -0.136. The summed E-state index contributed by atoms with van der Waals surface area (Å²) < 4.78 is 11.0. The predicted molar refractivity (Wildman–Crippen MR) is 57.5 cm³/mol. The minimum atomic E-state index is -0.619. The average molecular weight is 231 g/mol. The highest BCUT2D eigenvalue weighted by molar-refractivity contribution is 6.22. The van der Waals surface area contributed by atoms with Crippen molar-refractivity contribution in [2.45, 2.75) is 37.0 Å². The van der Waals surface area contributed by atoms with Crippen LogP contribution in [0.2, 0.25) is 0 Å². The molecular formula is C11H15ClO3. The van der Waals surface area contributed by atoms with Crippen molar-refractivity contribution in [2.75, 3.05) is 6.61 Å². The van der Waals surface area contributed by atoms with E-state index >= 15 is 0 Å². The summed E-state index contributed by atoms with van der Waals surface area (Å²) in [6.07, 6.45) is 7.46. The topological polar surface area (TPSA) is 38.7 Å². The molecule has 0 aromatic heterocycles. The van der Waals surface area contributed by atoms with Crippen molar-refractivity contribution in [3.63, 3.8) is 0 Å². The summed E-state index contributed by atoms with van der Waals surface area (Å²) in [6.45, 7) is 0.759. The highest BCUT2D eigenvalue weighted by Gasteiger charge is 2.20. The number of aliphatic hydroxyl groups excluding tert-OH is 1. The molecule has 0 saturated carbocycles. The Kier molecular flexibility index (Phi) is 3.67. The van der Waals surface area contributed by atoms with E-state index in [1.54, 1.807) is 18.2 Å². The lowest BCUT2D eigenvalue weighted by Crippen LogP contribution is -2.24. The molecule has 2 rings (SSSR count). The Morgan fingerprint density at radius 3 is 3.00 bits per heavy atom. The van der Waals surface area contributed by atoms with Crippen molar-refractivity contribution in [3.8, 4) is 0 Å². The van der Waals surface area contributed by atoms with Crippen molar-refractivity contribution in [2.24, 2.45) is 0 Å². The number of allylic oxidation sites excluding steroid dienone is 1. The Labute approximate surface area is 94.3 Å². The largest absolute Gasteiger partial charge is 0.465 e. The molecule has 1 aliphatic heterocycles. The Balaban J connectivity index is 1.89. The number of alkyl halides is 1. The molecule has 84 valence electrons. The van der Waals surface area contributed by atoms with Gasteiger partial charge in [0.1, 0.15) is 5.76 Å². The van der Waals surface area contributed by atoms with Gasteiger partial charge in [0.2, 0.25) is 0 Å². The number of hydrogen-bond donors (Lipinski definition) is 1. The van der Waals surface area contributed by atoms with Gasteiger partial charge in [-0.25, -0.2) is 0 Å². The van der Waals surface area contributed by atoms with Gasteiger partial charge in [0.25, 0.3) is 0 Å². The summed E-state index contributed by atoms with van der Waals surface area (Å²) in [5.41, 5.74) is 0. The first-order valence-corrected chi connectivity index (χ1v) is 5.70. The molecule has 0 bridgehead atoms. The van der Waals surface area contributed by atoms with E-state index in [-0.39, 0.29) is 6.29 Å². The minimum absolute atomic E-state index is 0.159.